The number of halogens is 1. The molecule has 0 aliphatic carbocycles. The van der Waals surface area contributed by atoms with Crippen molar-refractivity contribution in [3.63, 3.8) is 0 Å². The lowest BCUT2D eigenvalue weighted by atomic mass is 10.1. The normalized spacial score (nSPS) is 11.3. The molecule has 0 aliphatic rings. The highest BCUT2D eigenvalue weighted by Crippen LogP contribution is 2.22. The second kappa shape index (κ2) is 8.92. The van der Waals surface area contributed by atoms with Gasteiger partial charge in [0, 0.05) is 25.7 Å². The Morgan fingerprint density at radius 2 is 1.96 bits per heavy atom. The molecular weight excluding hydrogens is 321 g/mol. The van der Waals surface area contributed by atoms with Crippen LogP contribution in [0.3, 0.4) is 0 Å². The van der Waals surface area contributed by atoms with Crippen LogP contribution < -0.4 is 15.4 Å². The zero-order valence-corrected chi connectivity index (χ0v) is 14.8. The Bertz CT molecular complexity index is 747. The first-order valence-electron chi connectivity index (χ1n) is 8.09. The number of phenols is 1. The molecule has 0 amide bonds. The van der Waals surface area contributed by atoms with Gasteiger partial charge >= 0.3 is 0 Å². The van der Waals surface area contributed by atoms with Crippen molar-refractivity contribution in [2.75, 3.05) is 20.7 Å². The number of ether oxygens (including phenoxy) is 1. The minimum absolute atomic E-state index is 0.200. The summed E-state index contributed by atoms with van der Waals surface area (Å²) in [6.45, 7) is 2.98. The third kappa shape index (κ3) is 5.38. The van der Waals surface area contributed by atoms with Crippen molar-refractivity contribution in [2.24, 2.45) is 4.99 Å². The van der Waals surface area contributed by atoms with Crippen LogP contribution in [0.4, 0.5) is 4.39 Å². The van der Waals surface area contributed by atoms with Gasteiger partial charge in [-0.3, -0.25) is 4.99 Å². The first kappa shape index (κ1) is 18.6. The maximum atomic E-state index is 13.1. The van der Waals surface area contributed by atoms with E-state index in [1.165, 1.54) is 12.1 Å². The van der Waals surface area contributed by atoms with E-state index < -0.39 is 0 Å². The third-order valence-electron chi connectivity index (χ3n) is 3.95. The third-order valence-corrected chi connectivity index (χ3v) is 3.95. The van der Waals surface area contributed by atoms with Crippen LogP contribution in [0.2, 0.25) is 0 Å². The Morgan fingerprint density at radius 3 is 2.64 bits per heavy atom. The highest BCUT2D eigenvalue weighted by Gasteiger charge is 2.05. The predicted molar refractivity (Wildman–Crippen MR) is 97.7 cm³/mol. The number of guanidine groups is 1. The SMILES string of the molecule is CN=C(NCCc1ccc(F)cc1C)NCc1cc(OC)ccc1O. The molecule has 25 heavy (non-hydrogen) atoms. The number of aromatic hydroxyl groups is 1. The molecule has 0 fully saturated rings. The molecule has 0 aromatic heterocycles. The van der Waals surface area contributed by atoms with Gasteiger partial charge in [-0.25, -0.2) is 4.39 Å². The second-order valence-electron chi connectivity index (χ2n) is 5.67. The lowest BCUT2D eigenvalue weighted by molar-refractivity contribution is 0.410. The molecule has 6 heteroatoms. The van der Waals surface area contributed by atoms with E-state index >= 15 is 0 Å². The Hall–Kier alpha value is -2.76. The average molecular weight is 345 g/mol. The van der Waals surface area contributed by atoms with E-state index in [1.807, 2.05) is 6.92 Å². The van der Waals surface area contributed by atoms with Gasteiger partial charge in [-0.15, -0.1) is 0 Å². The zero-order valence-electron chi connectivity index (χ0n) is 14.8. The molecule has 5 nitrogen and oxygen atoms in total. The van der Waals surface area contributed by atoms with Crippen LogP contribution in [-0.4, -0.2) is 31.8 Å². The van der Waals surface area contributed by atoms with Crippen molar-refractivity contribution < 1.29 is 14.2 Å². The highest BCUT2D eigenvalue weighted by molar-refractivity contribution is 5.79. The maximum Gasteiger partial charge on any atom is 0.191 e. The highest BCUT2D eigenvalue weighted by atomic mass is 19.1. The minimum Gasteiger partial charge on any atom is -0.508 e. The smallest absolute Gasteiger partial charge is 0.191 e. The molecule has 0 atom stereocenters. The van der Waals surface area contributed by atoms with Gasteiger partial charge < -0.3 is 20.5 Å². The Kier molecular flexibility index (Phi) is 6.62. The van der Waals surface area contributed by atoms with E-state index in [4.69, 9.17) is 4.74 Å². The van der Waals surface area contributed by atoms with Gasteiger partial charge in [0.25, 0.3) is 0 Å². The van der Waals surface area contributed by atoms with Gasteiger partial charge in [-0.1, -0.05) is 6.07 Å². The number of methoxy groups -OCH3 is 1. The van der Waals surface area contributed by atoms with Gasteiger partial charge in [0.05, 0.1) is 7.11 Å². The topological polar surface area (TPSA) is 65.9 Å². The molecule has 3 N–H and O–H groups in total. The van der Waals surface area contributed by atoms with Crippen LogP contribution in [0.15, 0.2) is 41.4 Å². The number of rotatable bonds is 6. The van der Waals surface area contributed by atoms with Crippen LogP contribution in [0.1, 0.15) is 16.7 Å². The number of phenolic OH excluding ortho intramolecular Hbond substituents is 1. The number of nitrogens with zero attached hydrogens (tertiary/aromatic N) is 1. The van der Waals surface area contributed by atoms with E-state index in [9.17, 15) is 9.50 Å². The van der Waals surface area contributed by atoms with Crippen molar-refractivity contribution in [1.82, 2.24) is 10.6 Å². The average Bonchev–Trinajstić information content (AvgIpc) is 2.60. The molecule has 0 bridgehead atoms. The summed E-state index contributed by atoms with van der Waals surface area (Å²) in [6.07, 6.45) is 0.761. The fourth-order valence-corrected chi connectivity index (χ4v) is 2.49. The fraction of sp³-hybridized carbons (Fsp3) is 0.316. The van der Waals surface area contributed by atoms with Crippen LogP contribution in [-0.2, 0) is 13.0 Å². The Balaban J connectivity index is 1.87. The van der Waals surface area contributed by atoms with Gasteiger partial charge in [0.2, 0.25) is 0 Å². The van der Waals surface area contributed by atoms with E-state index in [0.717, 1.165) is 23.1 Å². The molecule has 0 radical (unpaired) electrons. The van der Waals surface area contributed by atoms with Crippen molar-refractivity contribution in [3.05, 3.63) is 58.9 Å². The molecule has 0 spiro atoms. The first-order chi connectivity index (χ1) is 12.0. The largest absolute Gasteiger partial charge is 0.508 e. The Morgan fingerprint density at radius 1 is 1.16 bits per heavy atom. The number of benzene rings is 2. The number of aliphatic imine (C=N–C) groups is 1. The Labute approximate surface area is 147 Å². The summed E-state index contributed by atoms with van der Waals surface area (Å²) in [5, 5.41) is 16.3. The van der Waals surface area contributed by atoms with E-state index in [2.05, 4.69) is 15.6 Å². The molecule has 0 heterocycles. The first-order valence-corrected chi connectivity index (χ1v) is 8.09. The summed E-state index contributed by atoms with van der Waals surface area (Å²) in [5.41, 5.74) is 2.75. The molecule has 0 unspecified atom stereocenters. The fourth-order valence-electron chi connectivity index (χ4n) is 2.49. The maximum absolute atomic E-state index is 13.1. The van der Waals surface area contributed by atoms with Gasteiger partial charge in [0.1, 0.15) is 17.3 Å². The molecule has 0 saturated carbocycles. The van der Waals surface area contributed by atoms with E-state index in [1.54, 1.807) is 38.4 Å². The monoisotopic (exact) mass is 345 g/mol. The second-order valence-corrected chi connectivity index (χ2v) is 5.67. The van der Waals surface area contributed by atoms with Crippen LogP contribution in [0.25, 0.3) is 0 Å². The summed E-state index contributed by atoms with van der Waals surface area (Å²) in [7, 11) is 3.27. The van der Waals surface area contributed by atoms with Crippen molar-refractivity contribution in [2.45, 2.75) is 19.9 Å². The summed E-state index contributed by atoms with van der Waals surface area (Å²) in [5.74, 6) is 1.29. The lowest BCUT2D eigenvalue weighted by Crippen LogP contribution is -2.37. The molecule has 0 aliphatic heterocycles. The van der Waals surface area contributed by atoms with E-state index in [0.29, 0.717) is 24.8 Å². The zero-order chi connectivity index (χ0) is 18.2. The summed E-state index contributed by atoms with van der Waals surface area (Å²) >= 11 is 0. The molecular formula is C19H24FN3O2. The number of hydrogen-bond acceptors (Lipinski definition) is 3. The number of nitrogens with one attached hydrogen (secondary N) is 2. The lowest BCUT2D eigenvalue weighted by Gasteiger charge is -2.14. The standard InChI is InChI=1S/C19H24FN3O2/c1-13-10-16(20)5-4-14(13)8-9-22-19(21-2)23-12-15-11-17(25-3)6-7-18(15)24/h4-7,10-11,24H,8-9,12H2,1-3H3,(H2,21,22,23). The number of aryl methyl sites for hydroxylation is 1. The predicted octanol–water partition coefficient (Wildman–Crippen LogP) is 2.76. The van der Waals surface area contributed by atoms with Crippen LogP contribution in [0.5, 0.6) is 11.5 Å². The molecule has 2 aromatic carbocycles. The van der Waals surface area contributed by atoms with Gasteiger partial charge in [0.15, 0.2) is 5.96 Å². The molecule has 0 saturated heterocycles. The summed E-state index contributed by atoms with van der Waals surface area (Å²) < 4.78 is 18.3. The quantitative estimate of drug-likeness (QED) is 0.556. The summed E-state index contributed by atoms with van der Waals surface area (Å²) in [4.78, 5) is 4.16. The van der Waals surface area contributed by atoms with E-state index in [-0.39, 0.29) is 11.6 Å². The van der Waals surface area contributed by atoms with Gasteiger partial charge in [-0.2, -0.15) is 0 Å². The number of hydrogen-bond donors (Lipinski definition) is 3. The molecule has 2 aromatic rings. The van der Waals surface area contributed by atoms with Crippen molar-refractivity contribution in [3.8, 4) is 11.5 Å². The molecule has 134 valence electrons. The van der Waals surface area contributed by atoms with Gasteiger partial charge in [-0.05, 0) is 54.8 Å². The van der Waals surface area contributed by atoms with Crippen LogP contribution in [0, 0.1) is 12.7 Å². The van der Waals surface area contributed by atoms with Crippen molar-refractivity contribution >= 4 is 5.96 Å². The van der Waals surface area contributed by atoms with Crippen molar-refractivity contribution in [1.29, 1.82) is 0 Å². The minimum atomic E-state index is -0.218. The molecule has 2 rings (SSSR count). The summed E-state index contributed by atoms with van der Waals surface area (Å²) in [6, 6.07) is 9.89. The van der Waals surface area contributed by atoms with Crippen LogP contribution >= 0.6 is 0 Å².